The van der Waals surface area contributed by atoms with Crippen molar-refractivity contribution >= 4 is 53.9 Å². The van der Waals surface area contributed by atoms with E-state index in [0.717, 1.165) is 44.9 Å². The van der Waals surface area contributed by atoms with E-state index in [1.807, 2.05) is 159 Å². The average Bonchev–Trinajstić information content (AvgIpc) is 1.75. The molecule has 3 saturated heterocycles. The molecular formula is C110H153F3N2O28SSi. The van der Waals surface area contributed by atoms with Crippen molar-refractivity contribution in [3.63, 3.8) is 0 Å². The number of anilines is 2. The number of aliphatic hydroxyl groups is 2. The quantitative estimate of drug-likeness (QED) is 0.00724. The highest BCUT2D eigenvalue weighted by molar-refractivity contribution is 7.88. The van der Waals surface area contributed by atoms with E-state index in [1.165, 1.54) is 24.8 Å². The molecule has 5 aromatic rings. The number of carbonyl (C=O) groups excluding carboxylic acids is 4. The number of hydrogen-bond donors (Lipinski definition) is 2. The van der Waals surface area contributed by atoms with Crippen LogP contribution in [0.4, 0.5) is 34.1 Å². The highest BCUT2D eigenvalue weighted by Crippen LogP contribution is 2.46. The van der Waals surface area contributed by atoms with Gasteiger partial charge in [0, 0.05) is 89.9 Å². The summed E-state index contributed by atoms with van der Waals surface area (Å²) in [4.78, 5) is 53.8. The summed E-state index contributed by atoms with van der Waals surface area (Å²) in [6.45, 7) is 55.4. The molecule has 15 atom stereocenters. The minimum Gasteiger partial charge on any atom is -0.497 e. The van der Waals surface area contributed by atoms with Crippen molar-refractivity contribution in [2.45, 2.75) is 363 Å². The fraction of sp³-hybridized carbons (Fsp3) is 0.582. The summed E-state index contributed by atoms with van der Waals surface area (Å²) in [5.74, 6) is 6.24. The number of ether oxygens (including phenoxy) is 18. The zero-order valence-electron chi connectivity index (χ0n) is 90.1. The second kappa shape index (κ2) is 51.1. The topological polar surface area (TPSA) is 334 Å². The smallest absolute Gasteiger partial charge is 0.497 e. The standard InChI is InChI=1S/C40H53NO10.C29H46O5Si.C23H32O5.C18H22F3NO8S/c1-12-41(37(44)51-38(4,5)6)29-22-28(34-33(23-29)48-40(9,10)50-36(34)43)14-13-15-32-35(49-39(7,8)47-32)31(21-16-25(2)26(3)42)46-24-27-17-19-30(45-11)20-18-27;1-12-13-26-27(33-29(7,8)32-26)25(31-20-23-15-17-24(30-9)18-16-23)19-14-21(2)22(3)34-35(10,11)28(4,5)6;1-7-8-21-22(28-23(4,5)27-21)20(14-9-16(2)17(3)24)26-15-18-10-12-19(25-6)13-11-18;1-7-22(15(24)29-16(2,3)4)10-8-11-13(14(23)28-17(5,6)27-11)12(9-10)30-31(25,26)18(19,20)21/h16-23,25-26,31-32,35,42H,12,15,24H2,1-11H3;1,14-19,21-22,25-27H,13,20H2,2-11H3;1,9-14,16-17,20-22,24H,8,15H2,2-6H3;8-9H,7H2,1-6H3/b21-16-;19-14-;14-9-;/t25-,26+,31-,32+,35-;21-,22+,25-,26+,27-;16-,17+,20-,21+,22-;/m111./s1. The number of rotatable bonds is 35. The Morgan fingerprint density at radius 3 is 1.13 bits per heavy atom. The molecule has 0 radical (unpaired) electrons. The van der Waals surface area contributed by atoms with E-state index < -0.39 is 130 Å². The number of hydrogen-bond acceptors (Lipinski definition) is 28. The maximum atomic E-state index is 13.3. The van der Waals surface area contributed by atoms with Gasteiger partial charge in [0.1, 0.15) is 106 Å². The number of amides is 2. The Morgan fingerprint density at radius 2 is 0.814 bits per heavy atom. The van der Waals surface area contributed by atoms with Crippen LogP contribution in [0.3, 0.4) is 0 Å². The molecule has 0 unspecified atom stereocenters. The third-order valence-electron chi connectivity index (χ3n) is 23.9. The summed E-state index contributed by atoms with van der Waals surface area (Å²) in [5.41, 5.74) is -4.16. The van der Waals surface area contributed by atoms with Gasteiger partial charge in [-0.2, -0.15) is 21.6 Å². The van der Waals surface area contributed by atoms with E-state index in [-0.39, 0.29) is 101 Å². The Balaban J connectivity index is 0.000000270. The van der Waals surface area contributed by atoms with Crippen molar-refractivity contribution in [2.24, 2.45) is 17.8 Å². The molecule has 0 saturated carbocycles. The Morgan fingerprint density at radius 1 is 0.483 bits per heavy atom. The maximum absolute atomic E-state index is 13.3. The van der Waals surface area contributed by atoms with Crippen LogP contribution in [0.2, 0.25) is 18.1 Å². The average molecular weight is 2070 g/mol. The van der Waals surface area contributed by atoms with Crippen LogP contribution in [0.1, 0.15) is 249 Å². The molecule has 3 fully saturated rings. The molecule has 5 aliphatic rings. The van der Waals surface area contributed by atoms with Gasteiger partial charge >= 0.3 is 39.8 Å². The molecule has 0 spiro atoms. The molecular weight excluding hydrogens is 1910 g/mol. The first-order valence-corrected chi connectivity index (χ1v) is 52.9. The summed E-state index contributed by atoms with van der Waals surface area (Å²) < 4.78 is 178. The number of carbonyl (C=O) groups is 4. The van der Waals surface area contributed by atoms with Crippen molar-refractivity contribution in [1.29, 1.82) is 0 Å². The molecule has 30 nitrogen and oxygen atoms in total. The predicted octanol–water partition coefficient (Wildman–Crippen LogP) is 21.5. The molecule has 145 heavy (non-hydrogen) atoms. The summed E-state index contributed by atoms with van der Waals surface area (Å²) >= 11 is 0. The number of benzene rings is 5. The van der Waals surface area contributed by atoms with Crippen LogP contribution in [0, 0.1) is 54.3 Å². The number of fused-ring (bicyclic) bond motifs is 2. The molecule has 5 aromatic carbocycles. The molecule has 0 aliphatic carbocycles. The van der Waals surface area contributed by atoms with Gasteiger partial charge in [0.25, 0.3) is 0 Å². The van der Waals surface area contributed by atoms with Crippen LogP contribution in [-0.2, 0) is 95.9 Å². The fourth-order valence-corrected chi connectivity index (χ4v) is 16.9. The third-order valence-corrected chi connectivity index (χ3v) is 29.4. The molecule has 2 amide bonds. The number of halogens is 3. The lowest BCUT2D eigenvalue weighted by atomic mass is 10.00. The van der Waals surface area contributed by atoms with Crippen LogP contribution in [0.5, 0.6) is 34.5 Å². The second-order valence-electron chi connectivity index (χ2n) is 41.8. The number of alkyl halides is 3. The molecule has 10 rings (SSSR count). The maximum Gasteiger partial charge on any atom is 0.534 e. The van der Waals surface area contributed by atoms with Gasteiger partial charge in [0.15, 0.2) is 31.4 Å². The van der Waals surface area contributed by atoms with Crippen molar-refractivity contribution in [2.75, 3.05) is 44.2 Å². The van der Waals surface area contributed by atoms with Crippen LogP contribution < -0.4 is 37.7 Å². The number of nitrogens with zero attached hydrogens (tertiary/aromatic N) is 2. The van der Waals surface area contributed by atoms with Gasteiger partial charge in [0.2, 0.25) is 11.6 Å². The van der Waals surface area contributed by atoms with Crippen molar-refractivity contribution in [3.05, 3.63) is 167 Å². The number of aliphatic hydroxyl groups excluding tert-OH is 2. The first kappa shape index (κ1) is 122. The fourth-order valence-electron chi connectivity index (χ4n) is 15.0. The third kappa shape index (κ3) is 36.6. The Labute approximate surface area is 857 Å². The highest BCUT2D eigenvalue weighted by atomic mass is 32.2. The predicted molar refractivity (Wildman–Crippen MR) is 548 cm³/mol. The molecule has 2 N–H and O–H groups in total. The molecule has 35 heteroatoms. The Bertz CT molecular complexity index is 5480. The van der Waals surface area contributed by atoms with Crippen LogP contribution in [-0.4, -0.2) is 204 Å². The van der Waals surface area contributed by atoms with Gasteiger partial charge in [-0.05, 0) is 213 Å². The molecule has 0 aromatic heterocycles. The normalized spacial score (nSPS) is 21.1. The molecule has 0 bridgehead atoms. The summed E-state index contributed by atoms with van der Waals surface area (Å²) in [7, 11) is -3.08. The minimum atomic E-state index is -6.13. The number of esters is 2. The number of methoxy groups -OCH3 is 3. The lowest BCUT2D eigenvalue weighted by Crippen LogP contribution is -2.44. The van der Waals surface area contributed by atoms with E-state index >= 15 is 0 Å². The van der Waals surface area contributed by atoms with Crippen molar-refractivity contribution < 1.29 is 145 Å². The van der Waals surface area contributed by atoms with Gasteiger partial charge < -0.3 is 104 Å². The van der Waals surface area contributed by atoms with Crippen molar-refractivity contribution in [3.8, 4) is 71.0 Å². The number of cyclic esters (lactones) is 2. The summed E-state index contributed by atoms with van der Waals surface area (Å²) in [5, 5.41) is 20.1. The first-order valence-electron chi connectivity index (χ1n) is 48.6. The van der Waals surface area contributed by atoms with E-state index in [1.54, 1.807) is 110 Å². The lowest BCUT2D eigenvalue weighted by Gasteiger charge is -2.39. The first-order chi connectivity index (χ1) is 67.1. The van der Waals surface area contributed by atoms with E-state index in [2.05, 4.69) is 87.7 Å². The Hall–Kier alpha value is -10.2. The van der Waals surface area contributed by atoms with Crippen LogP contribution >= 0.6 is 0 Å². The summed E-state index contributed by atoms with van der Waals surface area (Å²) in [6, 6.07) is 28.5. The lowest BCUT2D eigenvalue weighted by molar-refractivity contribution is -0.156. The van der Waals surface area contributed by atoms with E-state index in [9.17, 15) is 51.0 Å². The zero-order valence-corrected chi connectivity index (χ0v) is 91.9. The zero-order chi connectivity index (χ0) is 109. The van der Waals surface area contributed by atoms with E-state index in [4.69, 9.17) is 103 Å². The largest absolute Gasteiger partial charge is 0.534 e. The SMILES string of the molecule is C#CC[C@@H]1OC(C)(C)O[C@@H]1[C@@H](/C=C\[C@@H](C)[C@H](C)O)OCc1ccc(OC)cc1.C#CC[C@@H]1OC(C)(C)O[C@@H]1[C@@H](/C=C\[C@@H](C)[C@H](C)O[Si](C)(C)C(C)(C)C)OCc1ccc(OC)cc1.CCN(C(=O)OC(C)(C)C)c1cc(C#CC[C@@H]2OC(C)(C)O[C@@H]2[C@@H](/C=C\[C@@H](C)[C@H](C)O)OCc2ccc(OC)cc2)c2c(c1)OC(C)(C)OC2=O.CCN(C(=O)OC(C)(C)C)c1cc2c(c(OS(=O)(=O)C(F)(F)F)c1)C(=O)OC(C)(C)O2. The second-order valence-corrected chi connectivity index (χ2v) is 48.1. The number of terminal acetylenes is 2. The molecule has 802 valence electrons. The molecule has 5 heterocycles. The van der Waals surface area contributed by atoms with E-state index in [0.29, 0.717) is 50.5 Å². The van der Waals surface area contributed by atoms with Crippen LogP contribution in [0.15, 0.2) is 134 Å². The van der Waals surface area contributed by atoms with Gasteiger partial charge in [-0.1, -0.05) is 126 Å². The molecule has 5 aliphatic heterocycles. The van der Waals surface area contributed by atoms with Gasteiger partial charge in [-0.25, -0.2) is 19.2 Å². The Kier molecular flexibility index (Phi) is 42.9. The van der Waals surface area contributed by atoms with Crippen LogP contribution in [0.25, 0.3) is 0 Å². The van der Waals surface area contributed by atoms with Crippen molar-refractivity contribution in [1.82, 2.24) is 0 Å². The summed E-state index contributed by atoms with van der Waals surface area (Å²) in [6.07, 6.45) is 18.5. The minimum absolute atomic E-state index is 0.00602. The van der Waals surface area contributed by atoms with Gasteiger partial charge in [0.05, 0.1) is 64.7 Å². The van der Waals surface area contributed by atoms with Gasteiger partial charge in [-0.3, -0.25) is 9.80 Å². The monoisotopic (exact) mass is 2070 g/mol. The van der Waals surface area contributed by atoms with Gasteiger partial charge in [-0.15, -0.1) is 24.7 Å². The highest BCUT2D eigenvalue weighted by Gasteiger charge is 2.52.